The van der Waals surface area contributed by atoms with Crippen LogP contribution in [-0.2, 0) is 0 Å². The fourth-order valence-corrected chi connectivity index (χ4v) is 1.62. The maximum absolute atomic E-state index is 5.91. The van der Waals surface area contributed by atoms with Crippen LogP contribution in [0.2, 0.25) is 0 Å². The van der Waals surface area contributed by atoms with Crippen molar-refractivity contribution in [3.8, 4) is 11.5 Å². The number of hydrogen-bond acceptors (Lipinski definition) is 2. The predicted molar refractivity (Wildman–Crippen MR) is 61.4 cm³/mol. The Morgan fingerprint density at radius 1 is 1.27 bits per heavy atom. The Bertz CT molecular complexity index is 417. The van der Waals surface area contributed by atoms with Gasteiger partial charge >= 0.3 is 0 Å². The lowest BCUT2D eigenvalue weighted by Gasteiger charge is -2.32. The van der Waals surface area contributed by atoms with Gasteiger partial charge in [0.1, 0.15) is 17.1 Å². The molecule has 1 aromatic carbocycles. The summed E-state index contributed by atoms with van der Waals surface area (Å²) < 4.78 is 11.1. The monoisotopic (exact) mass is 204 g/mol. The molecular formula is C13H16O2. The summed E-state index contributed by atoms with van der Waals surface area (Å²) in [5.41, 5.74) is 2.11. The third kappa shape index (κ3) is 1.72. The summed E-state index contributed by atoms with van der Waals surface area (Å²) >= 11 is 0. The van der Waals surface area contributed by atoms with Gasteiger partial charge in [-0.15, -0.1) is 0 Å². The first kappa shape index (κ1) is 10.1. The van der Waals surface area contributed by atoms with E-state index in [-0.39, 0.29) is 5.60 Å². The van der Waals surface area contributed by atoms with E-state index in [9.17, 15) is 0 Å². The Balaban J connectivity index is 2.48. The molecule has 0 aliphatic carbocycles. The first-order valence-corrected chi connectivity index (χ1v) is 5.09. The SMILES string of the molecule is COc1ccc2c(c1)C=C(C)C(C)(C)O2. The highest BCUT2D eigenvalue weighted by molar-refractivity contribution is 5.65. The molecular weight excluding hydrogens is 188 g/mol. The van der Waals surface area contributed by atoms with E-state index in [1.807, 2.05) is 18.2 Å². The van der Waals surface area contributed by atoms with Crippen LogP contribution in [0.4, 0.5) is 0 Å². The minimum absolute atomic E-state index is 0.207. The van der Waals surface area contributed by atoms with Crippen LogP contribution in [0, 0.1) is 0 Å². The van der Waals surface area contributed by atoms with Gasteiger partial charge in [-0.1, -0.05) is 0 Å². The molecule has 0 unspecified atom stereocenters. The molecule has 0 radical (unpaired) electrons. The summed E-state index contributed by atoms with van der Waals surface area (Å²) in [6.45, 7) is 6.24. The van der Waals surface area contributed by atoms with Gasteiger partial charge in [0.15, 0.2) is 0 Å². The Kier molecular flexibility index (Phi) is 2.22. The van der Waals surface area contributed by atoms with E-state index < -0.39 is 0 Å². The van der Waals surface area contributed by atoms with Crippen molar-refractivity contribution in [1.29, 1.82) is 0 Å². The second-order valence-corrected chi connectivity index (χ2v) is 4.34. The molecule has 2 rings (SSSR count). The summed E-state index contributed by atoms with van der Waals surface area (Å²) in [5.74, 6) is 1.78. The van der Waals surface area contributed by atoms with Crippen molar-refractivity contribution in [2.24, 2.45) is 0 Å². The number of rotatable bonds is 1. The molecule has 0 atom stereocenters. The topological polar surface area (TPSA) is 18.5 Å². The molecule has 15 heavy (non-hydrogen) atoms. The maximum Gasteiger partial charge on any atom is 0.128 e. The first-order chi connectivity index (χ1) is 7.03. The van der Waals surface area contributed by atoms with Crippen molar-refractivity contribution in [1.82, 2.24) is 0 Å². The van der Waals surface area contributed by atoms with Gasteiger partial charge in [-0.3, -0.25) is 0 Å². The summed E-state index contributed by atoms with van der Waals surface area (Å²) in [7, 11) is 1.67. The number of ether oxygens (including phenoxy) is 2. The van der Waals surface area contributed by atoms with Crippen LogP contribution in [-0.4, -0.2) is 12.7 Å². The van der Waals surface area contributed by atoms with Gasteiger partial charge in [-0.2, -0.15) is 0 Å². The Labute approximate surface area is 90.5 Å². The van der Waals surface area contributed by atoms with Crippen LogP contribution >= 0.6 is 0 Å². The van der Waals surface area contributed by atoms with Gasteiger partial charge in [0, 0.05) is 5.56 Å². The molecule has 0 saturated carbocycles. The van der Waals surface area contributed by atoms with Crippen molar-refractivity contribution in [3.63, 3.8) is 0 Å². The van der Waals surface area contributed by atoms with Crippen LogP contribution < -0.4 is 9.47 Å². The summed E-state index contributed by atoms with van der Waals surface area (Å²) in [4.78, 5) is 0. The maximum atomic E-state index is 5.91. The van der Waals surface area contributed by atoms with Crippen molar-refractivity contribution >= 4 is 6.08 Å². The third-order valence-corrected chi connectivity index (χ3v) is 2.90. The van der Waals surface area contributed by atoms with Gasteiger partial charge in [-0.25, -0.2) is 0 Å². The minimum atomic E-state index is -0.207. The second-order valence-electron chi connectivity index (χ2n) is 4.34. The molecule has 1 aliphatic rings. The number of hydrogen-bond donors (Lipinski definition) is 0. The summed E-state index contributed by atoms with van der Waals surface area (Å²) in [6.07, 6.45) is 2.15. The average Bonchev–Trinajstić information content (AvgIpc) is 2.19. The molecule has 1 aromatic rings. The average molecular weight is 204 g/mol. The zero-order valence-electron chi connectivity index (χ0n) is 9.63. The molecule has 0 saturated heterocycles. The van der Waals surface area contributed by atoms with Crippen LogP contribution in [0.5, 0.6) is 11.5 Å². The van der Waals surface area contributed by atoms with Crippen molar-refractivity contribution in [2.75, 3.05) is 7.11 Å². The smallest absolute Gasteiger partial charge is 0.128 e. The molecule has 2 heteroatoms. The molecule has 1 heterocycles. The lowest BCUT2D eigenvalue weighted by Crippen LogP contribution is -2.31. The van der Waals surface area contributed by atoms with Gasteiger partial charge < -0.3 is 9.47 Å². The van der Waals surface area contributed by atoms with E-state index in [2.05, 4.69) is 26.8 Å². The largest absolute Gasteiger partial charge is 0.497 e. The molecule has 0 spiro atoms. The van der Waals surface area contributed by atoms with Gasteiger partial charge in [0.25, 0.3) is 0 Å². The second kappa shape index (κ2) is 3.30. The highest BCUT2D eigenvalue weighted by atomic mass is 16.5. The van der Waals surface area contributed by atoms with E-state index in [1.54, 1.807) is 7.11 Å². The molecule has 0 amide bonds. The zero-order chi connectivity index (χ0) is 11.1. The minimum Gasteiger partial charge on any atom is -0.497 e. The highest BCUT2D eigenvalue weighted by Crippen LogP contribution is 2.36. The third-order valence-electron chi connectivity index (χ3n) is 2.90. The fourth-order valence-electron chi connectivity index (χ4n) is 1.62. The van der Waals surface area contributed by atoms with Crippen LogP contribution in [0.3, 0.4) is 0 Å². The quantitative estimate of drug-likeness (QED) is 0.699. The molecule has 80 valence electrons. The number of fused-ring (bicyclic) bond motifs is 1. The van der Waals surface area contributed by atoms with E-state index >= 15 is 0 Å². The normalized spacial score (nSPS) is 17.5. The fraction of sp³-hybridized carbons (Fsp3) is 0.385. The van der Waals surface area contributed by atoms with Crippen LogP contribution in [0.1, 0.15) is 26.3 Å². The standard InChI is InChI=1S/C13H16O2/c1-9-7-10-8-11(14-4)5-6-12(10)15-13(9,2)3/h5-8H,1-4H3. The molecule has 0 N–H and O–H groups in total. The van der Waals surface area contributed by atoms with Crippen molar-refractivity contribution in [2.45, 2.75) is 26.4 Å². The Morgan fingerprint density at radius 3 is 2.67 bits per heavy atom. The molecule has 0 aromatic heterocycles. The Morgan fingerprint density at radius 2 is 2.00 bits per heavy atom. The Hall–Kier alpha value is -1.44. The lowest BCUT2D eigenvalue weighted by atomic mass is 9.94. The molecule has 1 aliphatic heterocycles. The predicted octanol–water partition coefficient (Wildman–Crippen LogP) is 3.27. The zero-order valence-corrected chi connectivity index (χ0v) is 9.63. The lowest BCUT2D eigenvalue weighted by molar-refractivity contribution is 0.145. The van der Waals surface area contributed by atoms with E-state index in [1.165, 1.54) is 5.57 Å². The van der Waals surface area contributed by atoms with E-state index in [0.29, 0.717) is 0 Å². The molecule has 0 fully saturated rings. The van der Waals surface area contributed by atoms with E-state index in [4.69, 9.17) is 9.47 Å². The van der Waals surface area contributed by atoms with E-state index in [0.717, 1.165) is 17.1 Å². The number of methoxy groups -OCH3 is 1. The van der Waals surface area contributed by atoms with Gasteiger partial charge in [0.2, 0.25) is 0 Å². The summed E-state index contributed by atoms with van der Waals surface area (Å²) in [6, 6.07) is 5.87. The van der Waals surface area contributed by atoms with Gasteiger partial charge in [-0.05, 0) is 50.6 Å². The highest BCUT2D eigenvalue weighted by Gasteiger charge is 2.27. The van der Waals surface area contributed by atoms with Crippen molar-refractivity contribution in [3.05, 3.63) is 29.3 Å². The van der Waals surface area contributed by atoms with Gasteiger partial charge in [0.05, 0.1) is 7.11 Å². The van der Waals surface area contributed by atoms with Crippen LogP contribution in [0.25, 0.3) is 6.08 Å². The molecule has 0 bridgehead atoms. The van der Waals surface area contributed by atoms with Crippen molar-refractivity contribution < 1.29 is 9.47 Å². The van der Waals surface area contributed by atoms with Crippen LogP contribution in [0.15, 0.2) is 23.8 Å². The molecule has 2 nitrogen and oxygen atoms in total. The number of benzene rings is 1. The summed E-state index contributed by atoms with van der Waals surface area (Å²) in [5, 5.41) is 0. The first-order valence-electron chi connectivity index (χ1n) is 5.09.